The maximum absolute atomic E-state index is 5.87. The summed E-state index contributed by atoms with van der Waals surface area (Å²) in [5.41, 5.74) is 2.14. The lowest BCUT2D eigenvalue weighted by molar-refractivity contribution is 1.32. The van der Waals surface area contributed by atoms with Gasteiger partial charge in [-0.05, 0) is 29.8 Å². The zero-order chi connectivity index (χ0) is 9.26. The SMILES string of the molecule is Clc1ccc2ncc(CBr)cc2c1. The summed E-state index contributed by atoms with van der Waals surface area (Å²) in [7, 11) is 0. The first-order valence-electron chi connectivity index (χ1n) is 3.90. The van der Waals surface area contributed by atoms with Gasteiger partial charge in [0, 0.05) is 21.9 Å². The number of hydrogen-bond donors (Lipinski definition) is 0. The van der Waals surface area contributed by atoms with Gasteiger partial charge in [0.15, 0.2) is 0 Å². The molecule has 1 aromatic carbocycles. The van der Waals surface area contributed by atoms with Crippen molar-refractivity contribution >= 4 is 38.4 Å². The van der Waals surface area contributed by atoms with Crippen molar-refractivity contribution in [2.45, 2.75) is 5.33 Å². The fourth-order valence-electron chi connectivity index (χ4n) is 1.22. The Kier molecular flexibility index (Phi) is 2.51. The molecule has 0 radical (unpaired) electrons. The monoisotopic (exact) mass is 255 g/mol. The maximum atomic E-state index is 5.87. The van der Waals surface area contributed by atoms with Crippen LogP contribution in [0.4, 0.5) is 0 Å². The second-order valence-corrected chi connectivity index (χ2v) is 3.81. The van der Waals surface area contributed by atoms with Gasteiger partial charge in [0.05, 0.1) is 5.52 Å². The molecule has 0 fully saturated rings. The third-order valence-electron chi connectivity index (χ3n) is 1.85. The van der Waals surface area contributed by atoms with E-state index in [0.717, 1.165) is 26.8 Å². The van der Waals surface area contributed by atoms with Crippen molar-refractivity contribution in [3.05, 3.63) is 41.0 Å². The van der Waals surface area contributed by atoms with Crippen LogP contribution in [0.3, 0.4) is 0 Å². The first kappa shape index (κ1) is 8.97. The van der Waals surface area contributed by atoms with E-state index in [2.05, 4.69) is 27.0 Å². The van der Waals surface area contributed by atoms with E-state index in [1.165, 1.54) is 0 Å². The molecule has 2 rings (SSSR count). The van der Waals surface area contributed by atoms with E-state index in [9.17, 15) is 0 Å². The highest BCUT2D eigenvalue weighted by atomic mass is 79.9. The topological polar surface area (TPSA) is 12.9 Å². The van der Waals surface area contributed by atoms with Crippen LogP contribution in [0.25, 0.3) is 10.9 Å². The van der Waals surface area contributed by atoms with E-state index < -0.39 is 0 Å². The molecule has 1 aromatic heterocycles. The molecule has 0 spiro atoms. The van der Waals surface area contributed by atoms with Crippen LogP contribution in [-0.4, -0.2) is 4.98 Å². The average molecular weight is 257 g/mol. The normalized spacial score (nSPS) is 10.6. The van der Waals surface area contributed by atoms with Crippen molar-refractivity contribution in [2.24, 2.45) is 0 Å². The summed E-state index contributed by atoms with van der Waals surface area (Å²) < 4.78 is 0. The number of pyridine rings is 1. The van der Waals surface area contributed by atoms with Crippen LogP contribution in [-0.2, 0) is 5.33 Å². The smallest absolute Gasteiger partial charge is 0.0703 e. The molecule has 0 N–H and O–H groups in total. The fraction of sp³-hybridized carbons (Fsp3) is 0.100. The van der Waals surface area contributed by atoms with E-state index in [1.54, 1.807) is 0 Å². The maximum Gasteiger partial charge on any atom is 0.0703 e. The van der Waals surface area contributed by atoms with Gasteiger partial charge in [0.25, 0.3) is 0 Å². The molecule has 0 unspecified atom stereocenters. The molecule has 3 heteroatoms. The first-order valence-corrected chi connectivity index (χ1v) is 5.40. The van der Waals surface area contributed by atoms with Gasteiger partial charge in [-0.3, -0.25) is 4.98 Å². The van der Waals surface area contributed by atoms with Crippen LogP contribution in [0.15, 0.2) is 30.5 Å². The molecule has 1 nitrogen and oxygen atoms in total. The minimum atomic E-state index is 0.751. The van der Waals surface area contributed by atoms with Crippen LogP contribution >= 0.6 is 27.5 Å². The number of hydrogen-bond acceptors (Lipinski definition) is 1. The second-order valence-electron chi connectivity index (χ2n) is 2.81. The zero-order valence-electron chi connectivity index (χ0n) is 6.80. The fourth-order valence-corrected chi connectivity index (χ4v) is 1.71. The number of aromatic nitrogens is 1. The Balaban J connectivity index is 2.68. The highest BCUT2D eigenvalue weighted by Gasteiger charge is 1.97. The van der Waals surface area contributed by atoms with Gasteiger partial charge in [-0.1, -0.05) is 27.5 Å². The highest BCUT2D eigenvalue weighted by molar-refractivity contribution is 9.08. The van der Waals surface area contributed by atoms with Crippen LogP contribution in [0.2, 0.25) is 5.02 Å². The van der Waals surface area contributed by atoms with Crippen molar-refractivity contribution in [3.8, 4) is 0 Å². The lowest BCUT2D eigenvalue weighted by Crippen LogP contribution is -1.82. The minimum absolute atomic E-state index is 0.751. The third-order valence-corrected chi connectivity index (χ3v) is 2.74. The van der Waals surface area contributed by atoms with E-state index in [1.807, 2.05) is 24.4 Å². The largest absolute Gasteiger partial charge is 0.256 e. The van der Waals surface area contributed by atoms with Gasteiger partial charge in [-0.2, -0.15) is 0 Å². The summed E-state index contributed by atoms with van der Waals surface area (Å²) in [6.45, 7) is 0. The summed E-state index contributed by atoms with van der Waals surface area (Å²) in [4.78, 5) is 4.30. The van der Waals surface area contributed by atoms with Gasteiger partial charge >= 0.3 is 0 Å². The third kappa shape index (κ3) is 1.84. The van der Waals surface area contributed by atoms with E-state index in [-0.39, 0.29) is 0 Å². The molecule has 0 aliphatic heterocycles. The Labute approximate surface area is 89.9 Å². The molecule has 13 heavy (non-hydrogen) atoms. The molecule has 2 aromatic rings. The van der Waals surface area contributed by atoms with Crippen molar-refractivity contribution in [3.63, 3.8) is 0 Å². The summed E-state index contributed by atoms with van der Waals surface area (Å²) in [6, 6.07) is 7.79. The van der Waals surface area contributed by atoms with E-state index in [4.69, 9.17) is 11.6 Å². The van der Waals surface area contributed by atoms with Crippen LogP contribution < -0.4 is 0 Å². The summed E-state index contributed by atoms with van der Waals surface area (Å²) in [5.74, 6) is 0. The number of fused-ring (bicyclic) bond motifs is 1. The van der Waals surface area contributed by atoms with E-state index >= 15 is 0 Å². The quantitative estimate of drug-likeness (QED) is 0.708. The lowest BCUT2D eigenvalue weighted by Gasteiger charge is -1.99. The Morgan fingerprint density at radius 2 is 2.15 bits per heavy atom. The molecule has 0 aliphatic rings. The Morgan fingerprint density at radius 3 is 2.92 bits per heavy atom. The molecular formula is C10H7BrClN. The molecule has 0 aliphatic carbocycles. The number of halogens is 2. The summed E-state index contributed by atoms with van der Waals surface area (Å²) in [5, 5.41) is 2.66. The Hall–Kier alpha value is -0.600. The second kappa shape index (κ2) is 3.64. The predicted molar refractivity (Wildman–Crippen MR) is 59.4 cm³/mol. The molecule has 0 saturated carbocycles. The van der Waals surface area contributed by atoms with Crippen molar-refractivity contribution in [2.75, 3.05) is 0 Å². The minimum Gasteiger partial charge on any atom is -0.256 e. The van der Waals surface area contributed by atoms with Crippen LogP contribution in [0.1, 0.15) is 5.56 Å². The predicted octanol–water partition coefficient (Wildman–Crippen LogP) is 3.78. The molecule has 66 valence electrons. The molecule has 0 amide bonds. The van der Waals surface area contributed by atoms with Gasteiger partial charge in [0.2, 0.25) is 0 Å². The summed E-state index contributed by atoms with van der Waals surface area (Å²) >= 11 is 9.26. The Bertz CT molecular complexity index is 442. The van der Waals surface area contributed by atoms with Gasteiger partial charge in [0.1, 0.15) is 0 Å². The van der Waals surface area contributed by atoms with Gasteiger partial charge < -0.3 is 0 Å². The molecule has 0 atom stereocenters. The van der Waals surface area contributed by atoms with Crippen molar-refractivity contribution in [1.82, 2.24) is 4.98 Å². The molecular weight excluding hydrogens is 249 g/mol. The zero-order valence-corrected chi connectivity index (χ0v) is 9.14. The molecule has 0 bridgehead atoms. The van der Waals surface area contributed by atoms with E-state index in [0.29, 0.717) is 0 Å². The highest BCUT2D eigenvalue weighted by Crippen LogP contribution is 2.19. The number of nitrogens with zero attached hydrogens (tertiary/aromatic N) is 1. The first-order chi connectivity index (χ1) is 6.29. The Morgan fingerprint density at radius 1 is 1.31 bits per heavy atom. The van der Waals surface area contributed by atoms with Crippen molar-refractivity contribution in [1.29, 1.82) is 0 Å². The number of alkyl halides is 1. The number of rotatable bonds is 1. The van der Waals surface area contributed by atoms with Gasteiger partial charge in [-0.25, -0.2) is 0 Å². The standard InChI is InChI=1S/C10H7BrClN/c11-5-7-3-8-4-9(12)1-2-10(8)13-6-7/h1-4,6H,5H2. The summed E-state index contributed by atoms with van der Waals surface area (Å²) in [6.07, 6.45) is 1.87. The van der Waals surface area contributed by atoms with Crippen molar-refractivity contribution < 1.29 is 0 Å². The lowest BCUT2D eigenvalue weighted by atomic mass is 10.2. The molecule has 1 heterocycles. The molecule has 0 saturated heterocycles. The average Bonchev–Trinajstić information content (AvgIpc) is 2.16. The van der Waals surface area contributed by atoms with Crippen LogP contribution in [0.5, 0.6) is 0 Å². The number of benzene rings is 1. The van der Waals surface area contributed by atoms with Crippen LogP contribution in [0, 0.1) is 0 Å². The van der Waals surface area contributed by atoms with Gasteiger partial charge in [-0.15, -0.1) is 0 Å².